The average Bonchev–Trinajstić information content (AvgIpc) is 3.10. The van der Waals surface area contributed by atoms with Crippen molar-refractivity contribution in [2.45, 2.75) is 32.2 Å². The maximum absolute atomic E-state index is 13.6. The molecule has 2 unspecified atom stereocenters. The van der Waals surface area contributed by atoms with Gasteiger partial charge in [-0.25, -0.2) is 22.7 Å². The molecular formula is C20H22Cl2N5O3S+. The highest BCUT2D eigenvalue weighted by Gasteiger charge is 2.37. The van der Waals surface area contributed by atoms with E-state index in [1.165, 1.54) is 12.1 Å². The first-order chi connectivity index (χ1) is 14.6. The minimum absolute atomic E-state index is 0.188. The van der Waals surface area contributed by atoms with Crippen LogP contribution >= 0.6 is 23.2 Å². The van der Waals surface area contributed by atoms with Crippen molar-refractivity contribution in [1.82, 2.24) is 14.6 Å². The largest absolute Gasteiger partial charge is 0.346 e. The second-order valence-corrected chi connectivity index (χ2v) is 10.3. The number of carbonyl (C=O) groups excluding carboxylic acids is 1. The van der Waals surface area contributed by atoms with Crippen LogP contribution in [0.15, 0.2) is 30.5 Å². The zero-order chi connectivity index (χ0) is 22.3. The lowest BCUT2D eigenvalue weighted by molar-refractivity contribution is -0.855. The van der Waals surface area contributed by atoms with E-state index in [0.29, 0.717) is 27.3 Å². The number of aryl methyl sites for hydroxylation is 1. The Morgan fingerprint density at radius 3 is 2.77 bits per heavy atom. The van der Waals surface area contributed by atoms with Crippen molar-refractivity contribution in [3.05, 3.63) is 57.5 Å². The highest BCUT2D eigenvalue weighted by Crippen LogP contribution is 2.25. The molecule has 1 aliphatic heterocycles. The standard InChI is InChI=1S/C20H21Cl2N5O3S/c1-12-11-27-18(23-19(12)22)10-16(24-27)17-5-3-4-8-26(17)20(28)14-9-13(21)6-7-15(14)25-31(2,29)30/h6-7,9-11,17,25H,3-5,8H2,1-2H3/p+1. The number of anilines is 1. The predicted molar refractivity (Wildman–Crippen MR) is 119 cm³/mol. The molecule has 0 spiro atoms. The van der Waals surface area contributed by atoms with Gasteiger partial charge in [-0.15, -0.1) is 0 Å². The summed E-state index contributed by atoms with van der Waals surface area (Å²) in [5, 5.41) is 5.42. The van der Waals surface area contributed by atoms with Gasteiger partial charge in [-0.1, -0.05) is 23.2 Å². The summed E-state index contributed by atoms with van der Waals surface area (Å²) in [5.41, 5.74) is 2.62. The van der Waals surface area contributed by atoms with Crippen molar-refractivity contribution in [2.75, 3.05) is 17.5 Å². The first-order valence-corrected chi connectivity index (χ1v) is 12.5. The van der Waals surface area contributed by atoms with Gasteiger partial charge in [0.2, 0.25) is 10.0 Å². The van der Waals surface area contributed by atoms with Crippen LogP contribution in [0.25, 0.3) is 5.65 Å². The smallest absolute Gasteiger partial charge is 0.283 e. The summed E-state index contributed by atoms with van der Waals surface area (Å²) in [5.74, 6) is -0.224. The van der Waals surface area contributed by atoms with Gasteiger partial charge in [-0.3, -0.25) is 9.62 Å². The van der Waals surface area contributed by atoms with E-state index in [0.717, 1.165) is 36.8 Å². The van der Waals surface area contributed by atoms with E-state index in [9.17, 15) is 13.2 Å². The minimum Gasteiger partial charge on any atom is -0.283 e. The number of halogens is 2. The van der Waals surface area contributed by atoms with Gasteiger partial charge in [-0.2, -0.15) is 5.10 Å². The van der Waals surface area contributed by atoms with Gasteiger partial charge in [0.25, 0.3) is 0 Å². The Hall–Kier alpha value is -2.20. The third-order valence-electron chi connectivity index (χ3n) is 5.37. The molecule has 164 valence electrons. The Labute approximate surface area is 190 Å². The first kappa shape index (κ1) is 22.0. The molecule has 1 amide bonds. The van der Waals surface area contributed by atoms with Crippen LogP contribution in [-0.2, 0) is 10.0 Å². The van der Waals surface area contributed by atoms with E-state index in [4.69, 9.17) is 23.2 Å². The molecule has 1 aliphatic rings. The van der Waals surface area contributed by atoms with Crippen LogP contribution < -0.4 is 9.62 Å². The molecule has 2 atom stereocenters. The molecular weight excluding hydrogens is 461 g/mol. The number of fused-ring (bicyclic) bond motifs is 1. The van der Waals surface area contributed by atoms with Gasteiger partial charge < -0.3 is 0 Å². The van der Waals surface area contributed by atoms with Crippen molar-refractivity contribution in [1.29, 1.82) is 0 Å². The van der Waals surface area contributed by atoms with Gasteiger partial charge >= 0.3 is 5.91 Å². The number of carbonyl (C=O) groups is 1. The number of benzene rings is 1. The van der Waals surface area contributed by atoms with Crippen molar-refractivity contribution < 1.29 is 18.1 Å². The minimum atomic E-state index is -3.56. The van der Waals surface area contributed by atoms with E-state index in [-0.39, 0.29) is 23.2 Å². The van der Waals surface area contributed by atoms with Crippen LogP contribution in [0.1, 0.15) is 46.9 Å². The number of sulfonamides is 1. The topological polar surface area (TPSA) is 97.9 Å². The SMILES string of the molecule is Cc1cn2nc(C3CCCC[NH+]3C(=O)c3cc(Cl)ccc3NS(C)(=O)=O)cc2nc1Cl. The van der Waals surface area contributed by atoms with E-state index >= 15 is 0 Å². The van der Waals surface area contributed by atoms with Gasteiger partial charge in [0.15, 0.2) is 5.65 Å². The fraction of sp³-hybridized carbons (Fsp3) is 0.350. The summed E-state index contributed by atoms with van der Waals surface area (Å²) in [6.45, 7) is 2.46. The Bertz CT molecular complexity index is 1240. The number of nitrogens with zero attached hydrogens (tertiary/aromatic N) is 3. The van der Waals surface area contributed by atoms with E-state index in [1.807, 2.05) is 19.2 Å². The highest BCUT2D eigenvalue weighted by atomic mass is 35.5. The lowest BCUT2D eigenvalue weighted by atomic mass is 9.98. The molecule has 1 fully saturated rings. The molecule has 0 aliphatic carbocycles. The van der Waals surface area contributed by atoms with Gasteiger partial charge in [-0.05, 0) is 38.0 Å². The van der Waals surface area contributed by atoms with Gasteiger partial charge in [0.05, 0.1) is 18.5 Å². The molecule has 11 heteroatoms. The molecule has 1 aromatic carbocycles. The van der Waals surface area contributed by atoms with E-state index < -0.39 is 10.0 Å². The number of hydrogen-bond donors (Lipinski definition) is 2. The number of piperidine rings is 1. The Morgan fingerprint density at radius 1 is 1.26 bits per heavy atom. The normalized spacial score (nSPS) is 19.5. The monoisotopic (exact) mass is 482 g/mol. The quantitative estimate of drug-likeness (QED) is 0.557. The molecule has 3 heterocycles. The molecule has 8 nitrogen and oxygen atoms in total. The number of hydrogen-bond acceptors (Lipinski definition) is 5. The number of rotatable bonds is 4. The van der Waals surface area contributed by atoms with Crippen molar-refractivity contribution in [3.63, 3.8) is 0 Å². The zero-order valence-corrected chi connectivity index (χ0v) is 19.4. The van der Waals surface area contributed by atoms with Crippen LogP contribution in [0.2, 0.25) is 10.2 Å². The third kappa shape index (κ3) is 4.69. The number of likely N-dealkylation sites (tertiary alicyclic amines) is 1. The third-order valence-corrected chi connectivity index (χ3v) is 6.58. The molecule has 0 radical (unpaired) electrons. The summed E-state index contributed by atoms with van der Waals surface area (Å²) in [4.78, 5) is 18.6. The maximum atomic E-state index is 13.6. The first-order valence-electron chi connectivity index (χ1n) is 9.82. The number of amides is 1. The summed E-state index contributed by atoms with van der Waals surface area (Å²) < 4.78 is 27.7. The summed E-state index contributed by atoms with van der Waals surface area (Å²) in [6, 6.07) is 6.22. The molecule has 0 bridgehead atoms. The molecule has 0 saturated carbocycles. The van der Waals surface area contributed by atoms with Gasteiger partial charge in [0, 0.05) is 29.3 Å². The Morgan fingerprint density at radius 2 is 2.03 bits per heavy atom. The fourth-order valence-corrected chi connectivity index (χ4v) is 4.84. The summed E-state index contributed by atoms with van der Waals surface area (Å²) in [6.07, 6.45) is 5.47. The molecule has 31 heavy (non-hydrogen) atoms. The van der Waals surface area contributed by atoms with Crippen molar-refractivity contribution >= 4 is 50.5 Å². The number of nitrogens with one attached hydrogen (secondary N) is 2. The second-order valence-electron chi connectivity index (χ2n) is 7.80. The predicted octanol–water partition coefficient (Wildman–Crippen LogP) is 2.67. The van der Waals surface area contributed by atoms with Crippen LogP contribution in [-0.4, -0.2) is 41.7 Å². The van der Waals surface area contributed by atoms with Crippen LogP contribution in [0.3, 0.4) is 0 Å². The lowest BCUT2D eigenvalue weighted by Crippen LogP contribution is -3.15. The number of aromatic nitrogens is 3. The second kappa shape index (κ2) is 8.38. The fourth-order valence-electron chi connectivity index (χ4n) is 3.95. The molecule has 3 aromatic rings. The van der Waals surface area contributed by atoms with E-state index in [2.05, 4.69) is 14.8 Å². The highest BCUT2D eigenvalue weighted by molar-refractivity contribution is 7.92. The van der Waals surface area contributed by atoms with Crippen molar-refractivity contribution in [2.24, 2.45) is 0 Å². The Kier molecular flexibility index (Phi) is 5.95. The zero-order valence-electron chi connectivity index (χ0n) is 17.0. The van der Waals surface area contributed by atoms with Crippen LogP contribution in [0, 0.1) is 6.92 Å². The number of quaternary nitrogens is 1. The summed E-state index contributed by atoms with van der Waals surface area (Å²) in [7, 11) is -3.56. The maximum Gasteiger partial charge on any atom is 0.346 e. The van der Waals surface area contributed by atoms with E-state index in [1.54, 1.807) is 10.6 Å². The molecule has 2 aromatic heterocycles. The Balaban J connectivity index is 1.73. The van der Waals surface area contributed by atoms with Crippen LogP contribution in [0.4, 0.5) is 5.69 Å². The lowest BCUT2D eigenvalue weighted by Gasteiger charge is -2.29. The molecule has 4 rings (SSSR count). The average molecular weight is 483 g/mol. The molecule has 2 N–H and O–H groups in total. The summed E-state index contributed by atoms with van der Waals surface area (Å²) >= 11 is 12.3. The molecule has 1 saturated heterocycles. The van der Waals surface area contributed by atoms with Crippen LogP contribution in [0.5, 0.6) is 0 Å². The van der Waals surface area contributed by atoms with Gasteiger partial charge in [0.1, 0.15) is 22.5 Å². The van der Waals surface area contributed by atoms with Crippen molar-refractivity contribution in [3.8, 4) is 0 Å².